The average molecular weight is 298 g/mol. The molecule has 2 rings (SSSR count). The van der Waals surface area contributed by atoms with Crippen LogP contribution >= 0.6 is 0 Å². The monoisotopic (exact) mass is 298 g/mol. The molecule has 6 heteroatoms. The Balaban J connectivity index is 1.76. The van der Waals surface area contributed by atoms with E-state index in [1.54, 1.807) is 0 Å². The number of carbonyl (C=O) groups is 2. The molecule has 1 amide bonds. The Morgan fingerprint density at radius 1 is 1.10 bits per heavy atom. The number of rotatable bonds is 3. The molecular weight excluding hydrogens is 272 g/mol. The van der Waals surface area contributed by atoms with Crippen LogP contribution in [0.5, 0.6) is 0 Å². The molecule has 2 saturated heterocycles. The highest BCUT2D eigenvalue weighted by molar-refractivity contribution is 5.82. The number of piperidine rings is 1. The van der Waals surface area contributed by atoms with Crippen LogP contribution in [-0.4, -0.2) is 58.8 Å². The van der Waals surface area contributed by atoms with Crippen LogP contribution < -0.4 is 5.32 Å². The van der Waals surface area contributed by atoms with Crippen molar-refractivity contribution in [2.24, 2.45) is 0 Å². The van der Waals surface area contributed by atoms with Crippen molar-refractivity contribution >= 4 is 11.9 Å². The molecule has 0 saturated carbocycles. The van der Waals surface area contributed by atoms with Crippen LogP contribution in [-0.2, 0) is 14.3 Å². The van der Waals surface area contributed by atoms with E-state index in [0.29, 0.717) is 12.8 Å². The largest absolute Gasteiger partial charge is 0.479 e. The lowest BCUT2D eigenvalue weighted by Crippen LogP contribution is -2.52. The van der Waals surface area contributed by atoms with Crippen molar-refractivity contribution in [3.05, 3.63) is 0 Å². The lowest BCUT2D eigenvalue weighted by molar-refractivity contribution is -0.152. The summed E-state index contributed by atoms with van der Waals surface area (Å²) in [5, 5.41) is 11.9. The van der Waals surface area contributed by atoms with E-state index in [9.17, 15) is 9.59 Å². The van der Waals surface area contributed by atoms with E-state index in [2.05, 4.69) is 31.0 Å². The van der Waals surface area contributed by atoms with Crippen LogP contribution in [0, 0.1) is 0 Å². The Morgan fingerprint density at radius 3 is 2.14 bits per heavy atom. The van der Waals surface area contributed by atoms with Gasteiger partial charge in [0.05, 0.1) is 0 Å². The highest BCUT2D eigenvalue weighted by Crippen LogP contribution is 2.22. The van der Waals surface area contributed by atoms with Gasteiger partial charge in [-0.05, 0) is 46.5 Å². The molecule has 21 heavy (non-hydrogen) atoms. The zero-order chi connectivity index (χ0) is 15.6. The lowest BCUT2D eigenvalue weighted by atomic mass is 9.98. The predicted molar refractivity (Wildman–Crippen MR) is 78.0 cm³/mol. The van der Waals surface area contributed by atoms with Crippen LogP contribution in [0.25, 0.3) is 0 Å². The summed E-state index contributed by atoms with van der Waals surface area (Å²) in [7, 11) is 0. The van der Waals surface area contributed by atoms with Gasteiger partial charge in [-0.2, -0.15) is 0 Å². The first-order valence-corrected chi connectivity index (χ1v) is 7.71. The van der Waals surface area contributed by atoms with Gasteiger partial charge in [0.25, 0.3) is 0 Å². The maximum Gasteiger partial charge on any atom is 0.332 e. The van der Waals surface area contributed by atoms with Crippen molar-refractivity contribution in [3.8, 4) is 0 Å². The predicted octanol–water partition coefficient (Wildman–Crippen LogP) is 0.998. The van der Waals surface area contributed by atoms with Gasteiger partial charge in [0.2, 0.25) is 5.91 Å². The van der Waals surface area contributed by atoms with Crippen LogP contribution in [0.1, 0.15) is 46.5 Å². The lowest BCUT2D eigenvalue weighted by Gasteiger charge is -2.41. The summed E-state index contributed by atoms with van der Waals surface area (Å²) >= 11 is 0. The van der Waals surface area contributed by atoms with Crippen LogP contribution in [0.15, 0.2) is 0 Å². The summed E-state index contributed by atoms with van der Waals surface area (Å²) in [6.07, 6.45) is 1.32. The van der Waals surface area contributed by atoms with Crippen molar-refractivity contribution in [2.45, 2.75) is 70.2 Å². The highest BCUT2D eigenvalue weighted by Gasteiger charge is 2.36. The normalized spacial score (nSPS) is 28.5. The second kappa shape index (κ2) is 6.32. The standard InChI is InChI=1S/C15H26N2O4/c1-15(2,3)17-8-6-10(7-9-17)16-13(18)11-4-5-12(21-11)14(19)20/h10-12H,4-9H2,1-3H3,(H,16,18)(H,19,20). The first kappa shape index (κ1) is 16.2. The summed E-state index contributed by atoms with van der Waals surface area (Å²) in [6.45, 7) is 8.54. The number of nitrogens with zero attached hydrogens (tertiary/aromatic N) is 1. The smallest absolute Gasteiger partial charge is 0.332 e. The van der Waals surface area contributed by atoms with Gasteiger partial charge in [0.1, 0.15) is 6.10 Å². The fourth-order valence-corrected chi connectivity index (χ4v) is 3.00. The van der Waals surface area contributed by atoms with E-state index in [-0.39, 0.29) is 17.5 Å². The minimum atomic E-state index is -0.983. The number of ether oxygens (including phenoxy) is 1. The third-order valence-electron chi connectivity index (χ3n) is 4.38. The summed E-state index contributed by atoms with van der Waals surface area (Å²) in [5.41, 5.74) is 0.165. The van der Waals surface area contributed by atoms with Crippen LogP contribution in [0.4, 0.5) is 0 Å². The number of hydrogen-bond acceptors (Lipinski definition) is 4. The Morgan fingerprint density at radius 2 is 1.67 bits per heavy atom. The quantitative estimate of drug-likeness (QED) is 0.812. The number of hydrogen-bond donors (Lipinski definition) is 2. The van der Waals surface area contributed by atoms with E-state index in [4.69, 9.17) is 9.84 Å². The van der Waals surface area contributed by atoms with Crippen LogP contribution in [0.3, 0.4) is 0 Å². The number of carboxylic acids is 1. The van der Waals surface area contributed by atoms with Crippen LogP contribution in [0.2, 0.25) is 0 Å². The SMILES string of the molecule is CC(C)(C)N1CCC(NC(=O)C2CCC(C(=O)O)O2)CC1. The van der Waals surface area contributed by atoms with Gasteiger partial charge in [-0.3, -0.25) is 9.69 Å². The number of likely N-dealkylation sites (tertiary alicyclic amines) is 1. The maximum atomic E-state index is 12.1. The van der Waals surface area contributed by atoms with E-state index < -0.39 is 18.2 Å². The van der Waals surface area contributed by atoms with Gasteiger partial charge < -0.3 is 15.2 Å². The third-order valence-corrected chi connectivity index (χ3v) is 4.38. The van der Waals surface area contributed by atoms with E-state index in [1.807, 2.05) is 0 Å². The third kappa shape index (κ3) is 4.17. The molecule has 0 aromatic carbocycles. The topological polar surface area (TPSA) is 78.9 Å². The zero-order valence-electron chi connectivity index (χ0n) is 13.1. The van der Waals surface area contributed by atoms with Crippen molar-refractivity contribution in [1.82, 2.24) is 10.2 Å². The van der Waals surface area contributed by atoms with Gasteiger partial charge in [-0.25, -0.2) is 4.79 Å². The second-order valence-electron chi connectivity index (χ2n) is 6.97. The number of carboxylic acid groups (broad SMARTS) is 1. The average Bonchev–Trinajstić information content (AvgIpc) is 2.88. The van der Waals surface area contributed by atoms with E-state index in [1.165, 1.54) is 0 Å². The molecule has 0 spiro atoms. The first-order valence-electron chi connectivity index (χ1n) is 7.71. The molecule has 0 aromatic rings. The molecule has 0 bridgehead atoms. The van der Waals surface area contributed by atoms with Crippen molar-refractivity contribution in [1.29, 1.82) is 0 Å². The number of aliphatic carboxylic acids is 1. The van der Waals surface area contributed by atoms with Gasteiger partial charge in [0.15, 0.2) is 6.10 Å². The summed E-state index contributed by atoms with van der Waals surface area (Å²) in [5.74, 6) is -1.14. The minimum Gasteiger partial charge on any atom is -0.479 e. The number of nitrogens with one attached hydrogen (secondary N) is 1. The molecule has 2 fully saturated rings. The molecule has 0 radical (unpaired) electrons. The fraction of sp³-hybridized carbons (Fsp3) is 0.867. The van der Waals surface area contributed by atoms with Gasteiger partial charge in [0, 0.05) is 24.7 Å². The van der Waals surface area contributed by atoms with E-state index in [0.717, 1.165) is 25.9 Å². The zero-order valence-corrected chi connectivity index (χ0v) is 13.1. The first-order chi connectivity index (χ1) is 9.77. The Kier molecular flexibility index (Phi) is 4.88. The summed E-state index contributed by atoms with van der Waals surface area (Å²) in [4.78, 5) is 25.4. The Hall–Kier alpha value is -1.14. The molecular formula is C15H26N2O4. The van der Waals surface area contributed by atoms with E-state index >= 15 is 0 Å². The molecule has 2 aliphatic heterocycles. The molecule has 2 heterocycles. The second-order valence-corrected chi connectivity index (χ2v) is 6.97. The summed E-state index contributed by atoms with van der Waals surface area (Å²) in [6, 6.07) is 0.170. The van der Waals surface area contributed by atoms with Gasteiger partial charge in [-0.15, -0.1) is 0 Å². The highest BCUT2D eigenvalue weighted by atomic mass is 16.5. The number of amides is 1. The summed E-state index contributed by atoms with van der Waals surface area (Å²) < 4.78 is 5.28. The van der Waals surface area contributed by atoms with Gasteiger partial charge >= 0.3 is 5.97 Å². The molecule has 2 atom stereocenters. The molecule has 2 unspecified atom stereocenters. The fourth-order valence-electron chi connectivity index (χ4n) is 3.00. The molecule has 0 aromatic heterocycles. The number of carbonyl (C=O) groups excluding carboxylic acids is 1. The Bertz CT molecular complexity index is 397. The molecule has 6 nitrogen and oxygen atoms in total. The molecule has 120 valence electrons. The van der Waals surface area contributed by atoms with Crippen molar-refractivity contribution < 1.29 is 19.4 Å². The molecule has 2 aliphatic rings. The van der Waals surface area contributed by atoms with Gasteiger partial charge in [-0.1, -0.05) is 0 Å². The maximum absolute atomic E-state index is 12.1. The Labute approximate surface area is 125 Å². The molecule has 2 N–H and O–H groups in total. The van der Waals surface area contributed by atoms with Crippen molar-refractivity contribution in [3.63, 3.8) is 0 Å². The molecule has 0 aliphatic carbocycles. The minimum absolute atomic E-state index is 0.159. The van der Waals surface area contributed by atoms with Crippen molar-refractivity contribution in [2.75, 3.05) is 13.1 Å².